The van der Waals surface area contributed by atoms with Crippen LogP contribution in [0.3, 0.4) is 0 Å². The fourth-order valence-electron chi connectivity index (χ4n) is 2.90. The third kappa shape index (κ3) is 2.37. The lowest BCUT2D eigenvalue weighted by Crippen LogP contribution is -2.27. The van der Waals surface area contributed by atoms with Gasteiger partial charge in [0.2, 0.25) is 0 Å². The van der Waals surface area contributed by atoms with Gasteiger partial charge in [-0.2, -0.15) is 0 Å². The molecule has 0 spiro atoms. The highest BCUT2D eigenvalue weighted by atomic mass is 16.6. The Bertz CT molecular complexity index is 434. The number of nitrogens with one attached hydrogen (secondary N) is 1. The number of rotatable bonds is 4. The van der Waals surface area contributed by atoms with Gasteiger partial charge in [-0.3, -0.25) is 15.0 Å². The first-order valence-corrected chi connectivity index (χ1v) is 6.23. The Hall–Kier alpha value is -1.46. The summed E-state index contributed by atoms with van der Waals surface area (Å²) in [4.78, 5) is 13.1. The minimum absolute atomic E-state index is 0.138. The second-order valence-electron chi connectivity index (χ2n) is 4.85. The van der Waals surface area contributed by atoms with Crippen LogP contribution in [0.15, 0.2) is 24.3 Å². The highest BCUT2D eigenvalue weighted by molar-refractivity contribution is 5.42. The Kier molecular flexibility index (Phi) is 3.93. The lowest BCUT2D eigenvalue weighted by atomic mass is 9.92. The van der Waals surface area contributed by atoms with E-state index in [1.807, 2.05) is 26.2 Å². The average Bonchev–Trinajstić information content (AvgIpc) is 2.71. The summed E-state index contributed by atoms with van der Waals surface area (Å²) in [7, 11) is 3.96. The molecular formula is C13H19N3O2. The van der Waals surface area contributed by atoms with Gasteiger partial charge in [0.1, 0.15) is 0 Å². The Morgan fingerprint density at radius 1 is 1.50 bits per heavy atom. The summed E-state index contributed by atoms with van der Waals surface area (Å²) in [5, 5.41) is 14.3. The van der Waals surface area contributed by atoms with E-state index in [0.717, 1.165) is 25.1 Å². The van der Waals surface area contributed by atoms with Crippen molar-refractivity contribution in [1.82, 2.24) is 10.2 Å². The zero-order chi connectivity index (χ0) is 13.1. The van der Waals surface area contributed by atoms with E-state index >= 15 is 0 Å². The molecule has 0 aromatic heterocycles. The van der Waals surface area contributed by atoms with Gasteiger partial charge in [0.25, 0.3) is 5.69 Å². The standard InChI is InChI=1S/C13H19N3O2/c1-14-9-10-7-8-15(2)13(10)11-5-3-4-6-12(11)16(17)18/h3-6,10,13-14H,7-9H2,1-2H3. The lowest BCUT2D eigenvalue weighted by Gasteiger charge is -2.25. The van der Waals surface area contributed by atoms with Crippen LogP contribution in [0.4, 0.5) is 5.69 Å². The van der Waals surface area contributed by atoms with Gasteiger partial charge in [-0.05, 0) is 39.5 Å². The Morgan fingerprint density at radius 3 is 2.89 bits per heavy atom. The second kappa shape index (κ2) is 5.46. The number of benzene rings is 1. The molecule has 5 heteroatoms. The van der Waals surface area contributed by atoms with Crippen LogP contribution in [0, 0.1) is 16.0 Å². The molecule has 0 bridgehead atoms. The highest BCUT2D eigenvalue weighted by Crippen LogP contribution is 2.39. The molecule has 18 heavy (non-hydrogen) atoms. The molecule has 2 unspecified atom stereocenters. The fraction of sp³-hybridized carbons (Fsp3) is 0.538. The van der Waals surface area contributed by atoms with E-state index in [4.69, 9.17) is 0 Å². The average molecular weight is 249 g/mol. The van der Waals surface area contributed by atoms with Crippen LogP contribution in [0.1, 0.15) is 18.0 Å². The summed E-state index contributed by atoms with van der Waals surface area (Å²) in [6.45, 7) is 1.88. The summed E-state index contributed by atoms with van der Waals surface area (Å²) in [5.41, 5.74) is 1.07. The highest BCUT2D eigenvalue weighted by Gasteiger charge is 2.36. The summed E-state index contributed by atoms with van der Waals surface area (Å²) >= 11 is 0. The van der Waals surface area contributed by atoms with E-state index in [1.54, 1.807) is 12.1 Å². The van der Waals surface area contributed by atoms with Gasteiger partial charge >= 0.3 is 0 Å². The molecule has 2 atom stereocenters. The largest absolute Gasteiger partial charge is 0.319 e. The molecule has 1 saturated heterocycles. The topological polar surface area (TPSA) is 58.4 Å². The van der Waals surface area contributed by atoms with E-state index in [2.05, 4.69) is 10.2 Å². The van der Waals surface area contributed by atoms with Gasteiger partial charge in [-0.1, -0.05) is 18.2 Å². The van der Waals surface area contributed by atoms with E-state index in [0.29, 0.717) is 5.92 Å². The van der Waals surface area contributed by atoms with Gasteiger partial charge in [0, 0.05) is 17.7 Å². The zero-order valence-corrected chi connectivity index (χ0v) is 10.8. The molecule has 0 aliphatic carbocycles. The van der Waals surface area contributed by atoms with Crippen LogP contribution in [0.25, 0.3) is 0 Å². The Morgan fingerprint density at radius 2 is 2.22 bits per heavy atom. The van der Waals surface area contributed by atoms with Gasteiger partial charge < -0.3 is 5.32 Å². The van der Waals surface area contributed by atoms with Crippen LogP contribution in [0.5, 0.6) is 0 Å². The fourth-order valence-corrected chi connectivity index (χ4v) is 2.90. The molecule has 1 N–H and O–H groups in total. The molecular weight excluding hydrogens is 230 g/mol. The third-order valence-electron chi connectivity index (χ3n) is 3.69. The van der Waals surface area contributed by atoms with E-state index in [-0.39, 0.29) is 16.7 Å². The number of nitro benzene ring substituents is 1. The molecule has 1 aromatic rings. The summed E-state index contributed by atoms with van der Waals surface area (Å²) in [6.07, 6.45) is 1.08. The first-order chi connectivity index (χ1) is 8.65. The van der Waals surface area contributed by atoms with E-state index in [9.17, 15) is 10.1 Å². The molecule has 98 valence electrons. The smallest absolute Gasteiger partial charge is 0.274 e. The maximum atomic E-state index is 11.1. The van der Waals surface area contributed by atoms with Crippen molar-refractivity contribution in [1.29, 1.82) is 0 Å². The number of likely N-dealkylation sites (tertiary alicyclic amines) is 1. The molecule has 1 aromatic carbocycles. The monoisotopic (exact) mass is 249 g/mol. The van der Waals surface area contributed by atoms with Crippen molar-refractivity contribution in [3.63, 3.8) is 0 Å². The summed E-state index contributed by atoms with van der Waals surface area (Å²) in [5.74, 6) is 0.432. The van der Waals surface area contributed by atoms with Crippen LogP contribution < -0.4 is 5.32 Å². The Balaban J connectivity index is 2.36. The molecule has 5 nitrogen and oxygen atoms in total. The maximum Gasteiger partial charge on any atom is 0.274 e. The zero-order valence-electron chi connectivity index (χ0n) is 10.8. The first kappa shape index (κ1) is 13.0. The normalized spacial score (nSPS) is 24.3. The maximum absolute atomic E-state index is 11.1. The number of nitro groups is 1. The minimum atomic E-state index is -0.280. The molecule has 1 aliphatic rings. The summed E-state index contributed by atoms with van der Waals surface area (Å²) < 4.78 is 0. The molecule has 0 amide bonds. The number of nitrogens with zero attached hydrogens (tertiary/aromatic N) is 2. The van der Waals surface area contributed by atoms with Crippen molar-refractivity contribution >= 4 is 5.69 Å². The van der Waals surface area contributed by atoms with Gasteiger partial charge in [0.15, 0.2) is 0 Å². The van der Waals surface area contributed by atoms with Gasteiger partial charge in [-0.15, -0.1) is 0 Å². The van der Waals surface area contributed by atoms with Crippen molar-refractivity contribution in [3.8, 4) is 0 Å². The van der Waals surface area contributed by atoms with Crippen molar-refractivity contribution in [2.24, 2.45) is 5.92 Å². The van der Waals surface area contributed by atoms with Crippen molar-refractivity contribution < 1.29 is 4.92 Å². The third-order valence-corrected chi connectivity index (χ3v) is 3.69. The van der Waals surface area contributed by atoms with Gasteiger partial charge in [-0.25, -0.2) is 0 Å². The van der Waals surface area contributed by atoms with Crippen LogP contribution in [-0.2, 0) is 0 Å². The van der Waals surface area contributed by atoms with Crippen molar-refractivity contribution in [3.05, 3.63) is 39.9 Å². The quantitative estimate of drug-likeness (QED) is 0.653. The first-order valence-electron chi connectivity index (χ1n) is 6.23. The van der Waals surface area contributed by atoms with Crippen molar-refractivity contribution in [2.75, 3.05) is 27.2 Å². The van der Waals surface area contributed by atoms with Crippen molar-refractivity contribution in [2.45, 2.75) is 12.5 Å². The predicted molar refractivity (Wildman–Crippen MR) is 70.5 cm³/mol. The van der Waals surface area contributed by atoms with Gasteiger partial charge in [0.05, 0.1) is 4.92 Å². The molecule has 2 rings (SSSR count). The van der Waals surface area contributed by atoms with Crippen LogP contribution in [-0.4, -0.2) is 37.0 Å². The number of hydrogen-bond donors (Lipinski definition) is 1. The van der Waals surface area contributed by atoms with E-state index < -0.39 is 0 Å². The molecule has 1 fully saturated rings. The Labute approximate surface area is 107 Å². The van der Waals surface area contributed by atoms with Crippen LogP contribution >= 0.6 is 0 Å². The molecule has 1 aliphatic heterocycles. The van der Waals surface area contributed by atoms with E-state index in [1.165, 1.54) is 0 Å². The molecule has 0 saturated carbocycles. The summed E-state index contributed by atoms with van der Waals surface area (Å²) in [6, 6.07) is 7.22. The predicted octanol–water partition coefficient (Wildman–Crippen LogP) is 1.81. The van der Waals surface area contributed by atoms with Crippen LogP contribution in [0.2, 0.25) is 0 Å². The second-order valence-corrected chi connectivity index (χ2v) is 4.85. The number of para-hydroxylation sites is 1. The minimum Gasteiger partial charge on any atom is -0.319 e. The SMILES string of the molecule is CNCC1CCN(C)C1c1ccccc1[N+](=O)[O-]. The number of hydrogen-bond acceptors (Lipinski definition) is 4. The lowest BCUT2D eigenvalue weighted by molar-refractivity contribution is -0.386. The molecule has 1 heterocycles. The molecule has 0 radical (unpaired) electrons.